The molecule has 0 aromatic heterocycles. The molecular weight excluding hydrogens is 490 g/mol. The predicted molar refractivity (Wildman–Crippen MR) is 96.2 cm³/mol. The first-order valence-corrected chi connectivity index (χ1v) is 19.3. The zero-order valence-corrected chi connectivity index (χ0v) is 19.1. The van der Waals surface area contributed by atoms with Crippen LogP contribution in [0.5, 0.6) is 0 Å². The van der Waals surface area contributed by atoms with Crippen molar-refractivity contribution in [3.63, 3.8) is 0 Å². The molecule has 0 aromatic rings. The second-order valence-electron chi connectivity index (χ2n) is 7.81. The van der Waals surface area contributed by atoms with Crippen LogP contribution in [0, 0.1) is 17.3 Å². The summed E-state index contributed by atoms with van der Waals surface area (Å²) in [6.07, 6.45) is 17.3. The van der Waals surface area contributed by atoms with E-state index in [-0.39, 0.29) is 8.59 Å². The third-order valence-electron chi connectivity index (χ3n) is 6.69. The van der Waals surface area contributed by atoms with Crippen molar-refractivity contribution in [1.82, 2.24) is 0 Å². The molecule has 0 aromatic carbocycles. The van der Waals surface area contributed by atoms with Gasteiger partial charge in [-0.05, 0) is 0 Å². The zero-order chi connectivity index (χ0) is 16.4. The first-order chi connectivity index (χ1) is 10.9. The average Bonchev–Trinajstić information content (AvgIpc) is 3.05. The van der Waals surface area contributed by atoms with E-state index in [1.807, 2.05) is 0 Å². The third kappa shape index (κ3) is 1.99. The fourth-order valence-corrected chi connectivity index (χ4v) is 18.4. The molecule has 3 atom stereocenters. The van der Waals surface area contributed by atoms with E-state index < -0.39 is 19.1 Å². The van der Waals surface area contributed by atoms with Crippen molar-refractivity contribution in [2.75, 3.05) is 0 Å². The van der Waals surface area contributed by atoms with Crippen LogP contribution in [-0.4, -0.2) is 0 Å². The van der Waals surface area contributed by atoms with Gasteiger partial charge in [0.05, 0.1) is 0 Å². The molecule has 4 aliphatic rings. The van der Waals surface area contributed by atoms with Crippen LogP contribution in [0.25, 0.3) is 0 Å². The standard InChI is InChI=1S/C20H23.2ClH.Hf/c1-13-14-9-6-10-16-18(13)17(12-11-14)20(2,3)19(16)15-7-4-5-8-15;;;/h4-7,9-10,13-14H,8,11-12H2,1-3H3;2*1H;/q;;;+2/p-2. The summed E-state index contributed by atoms with van der Waals surface area (Å²) in [7, 11) is 14.0. The molecule has 0 fully saturated rings. The van der Waals surface area contributed by atoms with E-state index in [2.05, 4.69) is 57.2 Å². The van der Waals surface area contributed by atoms with Gasteiger partial charge in [-0.2, -0.15) is 0 Å². The Hall–Kier alpha value is 0.150. The molecule has 121 valence electrons. The molecular formula is C20H23Cl2Hf. The summed E-state index contributed by atoms with van der Waals surface area (Å²) in [5, 5.41) is 0. The molecule has 0 heterocycles. The average molecular weight is 513 g/mol. The molecule has 0 saturated carbocycles. The van der Waals surface area contributed by atoms with E-state index in [0.717, 1.165) is 6.42 Å². The Kier molecular flexibility index (Phi) is 4.03. The van der Waals surface area contributed by atoms with Gasteiger partial charge in [-0.25, -0.2) is 0 Å². The number of allylic oxidation sites excluding steroid dienone is 10. The van der Waals surface area contributed by atoms with Crippen LogP contribution < -0.4 is 0 Å². The van der Waals surface area contributed by atoms with Crippen LogP contribution in [0.1, 0.15) is 40.0 Å². The second-order valence-corrected chi connectivity index (χ2v) is 20.1. The molecule has 0 radical (unpaired) electrons. The maximum absolute atomic E-state index is 6.98. The summed E-state index contributed by atoms with van der Waals surface area (Å²) in [6, 6.07) is 0. The van der Waals surface area contributed by atoms with Crippen LogP contribution in [0.3, 0.4) is 0 Å². The van der Waals surface area contributed by atoms with Crippen LogP contribution in [0.2, 0.25) is 3.17 Å². The Morgan fingerprint density at radius 1 is 1.17 bits per heavy atom. The van der Waals surface area contributed by atoms with Crippen LogP contribution in [-0.2, 0) is 19.1 Å². The minimum atomic E-state index is -2.86. The van der Waals surface area contributed by atoms with Gasteiger partial charge in [-0.1, -0.05) is 0 Å². The maximum atomic E-state index is 6.98. The molecule has 0 saturated heterocycles. The van der Waals surface area contributed by atoms with Gasteiger partial charge in [0.2, 0.25) is 0 Å². The Morgan fingerprint density at radius 2 is 1.96 bits per heavy atom. The monoisotopic (exact) mass is 513 g/mol. The van der Waals surface area contributed by atoms with Gasteiger partial charge in [0.1, 0.15) is 0 Å². The molecule has 0 N–H and O–H groups in total. The van der Waals surface area contributed by atoms with E-state index in [1.54, 1.807) is 11.1 Å². The Morgan fingerprint density at radius 3 is 2.61 bits per heavy atom. The Balaban J connectivity index is 2.02. The van der Waals surface area contributed by atoms with Crippen molar-refractivity contribution in [3.8, 4) is 0 Å². The quantitative estimate of drug-likeness (QED) is 0.356. The molecule has 3 heteroatoms. The molecule has 2 bridgehead atoms. The van der Waals surface area contributed by atoms with E-state index in [9.17, 15) is 0 Å². The van der Waals surface area contributed by atoms with Crippen molar-refractivity contribution in [2.24, 2.45) is 17.3 Å². The van der Waals surface area contributed by atoms with Gasteiger partial charge in [0, 0.05) is 0 Å². The van der Waals surface area contributed by atoms with Gasteiger partial charge in [-0.3, -0.25) is 0 Å². The molecule has 0 aliphatic heterocycles. The van der Waals surface area contributed by atoms with E-state index in [4.69, 9.17) is 17.2 Å². The van der Waals surface area contributed by atoms with Gasteiger partial charge < -0.3 is 0 Å². The number of hydrogen-bond donors (Lipinski definition) is 0. The summed E-state index contributed by atoms with van der Waals surface area (Å²) in [5.41, 5.74) is 6.25. The molecule has 3 unspecified atom stereocenters. The van der Waals surface area contributed by atoms with Crippen LogP contribution in [0.4, 0.5) is 0 Å². The molecule has 4 rings (SSSR count). The molecule has 0 spiro atoms. The van der Waals surface area contributed by atoms with Gasteiger partial charge in [0.25, 0.3) is 0 Å². The van der Waals surface area contributed by atoms with Gasteiger partial charge in [0.15, 0.2) is 0 Å². The fourth-order valence-electron chi connectivity index (χ4n) is 5.54. The van der Waals surface area contributed by atoms with Crippen molar-refractivity contribution >= 4 is 17.2 Å². The van der Waals surface area contributed by atoms with Crippen LogP contribution >= 0.6 is 17.2 Å². The van der Waals surface area contributed by atoms with E-state index >= 15 is 0 Å². The topological polar surface area (TPSA) is 0 Å². The molecule has 0 nitrogen and oxygen atoms in total. The molecule has 23 heavy (non-hydrogen) atoms. The number of fused-ring (bicyclic) bond motifs is 1. The van der Waals surface area contributed by atoms with Crippen molar-refractivity contribution in [2.45, 2.75) is 43.2 Å². The third-order valence-corrected chi connectivity index (χ3v) is 17.7. The normalized spacial score (nSPS) is 36.9. The fraction of sp³-hybridized carbons (Fsp3) is 0.500. The van der Waals surface area contributed by atoms with E-state index in [1.165, 1.54) is 24.0 Å². The second kappa shape index (κ2) is 5.58. The van der Waals surface area contributed by atoms with Gasteiger partial charge in [-0.15, -0.1) is 0 Å². The zero-order valence-electron chi connectivity index (χ0n) is 14.0. The first kappa shape index (κ1) is 16.6. The Bertz CT molecular complexity index is 705. The summed E-state index contributed by atoms with van der Waals surface area (Å²) in [4.78, 5) is 0. The van der Waals surface area contributed by atoms with Crippen molar-refractivity contribution in [3.05, 3.63) is 58.7 Å². The number of hydrogen-bond acceptors (Lipinski definition) is 0. The molecule has 4 aliphatic carbocycles. The Labute approximate surface area is 154 Å². The van der Waals surface area contributed by atoms with Crippen LogP contribution in [0.15, 0.2) is 58.7 Å². The number of halogens is 2. The molecule has 0 amide bonds. The summed E-state index contributed by atoms with van der Waals surface area (Å²) < 4.78 is -0.0905. The van der Waals surface area contributed by atoms with Gasteiger partial charge >= 0.3 is 155 Å². The SMILES string of the molecule is CC1C2=C3CCC1C=CC=C2[C](C1=CC=CC1)([Hf]([Cl])[Cl])C3(C)C. The summed E-state index contributed by atoms with van der Waals surface area (Å²) in [5.74, 6) is 1.27. The predicted octanol–water partition coefficient (Wildman–Crippen LogP) is 6.84. The van der Waals surface area contributed by atoms with Crippen molar-refractivity contribution < 1.29 is 19.1 Å². The van der Waals surface area contributed by atoms with E-state index in [0.29, 0.717) is 11.8 Å². The minimum absolute atomic E-state index is 0.0575. The first-order valence-electron chi connectivity index (χ1n) is 8.59. The summed E-state index contributed by atoms with van der Waals surface area (Å²) >= 11 is -2.86. The van der Waals surface area contributed by atoms with Crippen molar-refractivity contribution in [1.29, 1.82) is 0 Å². The number of rotatable bonds is 2. The summed E-state index contributed by atoms with van der Waals surface area (Å²) in [6.45, 7) is 7.23.